The van der Waals surface area contributed by atoms with Gasteiger partial charge in [-0.3, -0.25) is 4.90 Å². The zero-order valence-corrected chi connectivity index (χ0v) is 9.04. The molecule has 0 unspecified atom stereocenters. The van der Waals surface area contributed by atoms with Gasteiger partial charge in [-0.15, -0.1) is 0 Å². The van der Waals surface area contributed by atoms with Gasteiger partial charge in [-0.2, -0.15) is 0 Å². The van der Waals surface area contributed by atoms with Crippen LogP contribution >= 0.6 is 0 Å². The lowest BCUT2D eigenvalue weighted by Crippen LogP contribution is -2.57. The first-order valence-corrected chi connectivity index (χ1v) is 6.44. The summed E-state index contributed by atoms with van der Waals surface area (Å²) in [7, 11) is 0. The summed E-state index contributed by atoms with van der Waals surface area (Å²) in [5.41, 5.74) is 0. The summed E-state index contributed by atoms with van der Waals surface area (Å²) in [4.78, 5) is 2.85. The van der Waals surface area contributed by atoms with Crippen LogP contribution in [0.2, 0.25) is 0 Å². The van der Waals surface area contributed by atoms with E-state index in [9.17, 15) is 0 Å². The Morgan fingerprint density at radius 1 is 0.929 bits per heavy atom. The van der Waals surface area contributed by atoms with Gasteiger partial charge < -0.3 is 5.32 Å². The normalized spacial score (nSPS) is 40.3. The summed E-state index contributed by atoms with van der Waals surface area (Å²) in [6, 6.07) is 2.68. The van der Waals surface area contributed by atoms with Crippen molar-refractivity contribution in [1.29, 1.82) is 0 Å². The second kappa shape index (κ2) is 3.82. The van der Waals surface area contributed by atoms with Gasteiger partial charge in [0.25, 0.3) is 0 Å². The number of nitrogens with one attached hydrogen (secondary N) is 1. The van der Waals surface area contributed by atoms with Gasteiger partial charge in [0.2, 0.25) is 0 Å². The Bertz CT molecular complexity index is 198. The van der Waals surface area contributed by atoms with Crippen molar-refractivity contribution in [1.82, 2.24) is 10.2 Å². The van der Waals surface area contributed by atoms with Crippen LogP contribution in [0.5, 0.6) is 0 Å². The number of hydrogen-bond acceptors (Lipinski definition) is 2. The lowest BCUT2D eigenvalue weighted by molar-refractivity contribution is 0.0897. The highest BCUT2D eigenvalue weighted by atomic mass is 15.3. The van der Waals surface area contributed by atoms with Crippen molar-refractivity contribution in [3.63, 3.8) is 0 Å². The number of rotatable bonds is 1. The van der Waals surface area contributed by atoms with Gasteiger partial charge in [0, 0.05) is 31.2 Å². The maximum absolute atomic E-state index is 3.69. The molecule has 1 aliphatic heterocycles. The average molecular weight is 194 g/mol. The Morgan fingerprint density at radius 3 is 2.64 bits per heavy atom. The van der Waals surface area contributed by atoms with E-state index in [2.05, 4.69) is 10.2 Å². The fourth-order valence-corrected chi connectivity index (χ4v) is 3.81. The molecule has 0 radical (unpaired) electrons. The van der Waals surface area contributed by atoms with Crippen molar-refractivity contribution >= 4 is 0 Å². The predicted octanol–water partition coefficient (Wildman–Crippen LogP) is 1.76. The van der Waals surface area contributed by atoms with Gasteiger partial charge in [0.1, 0.15) is 0 Å². The highest BCUT2D eigenvalue weighted by Crippen LogP contribution is 2.32. The summed E-state index contributed by atoms with van der Waals surface area (Å²) in [5.74, 6) is 0. The first-order valence-electron chi connectivity index (χ1n) is 6.44. The summed E-state index contributed by atoms with van der Waals surface area (Å²) in [6.07, 6.45) is 10.2. The van der Waals surface area contributed by atoms with Crippen molar-refractivity contribution in [3.8, 4) is 0 Å². The number of fused-ring (bicyclic) bond motifs is 1. The fraction of sp³-hybridized carbons (Fsp3) is 1.00. The Labute approximate surface area is 87.0 Å². The molecule has 2 aliphatic carbocycles. The van der Waals surface area contributed by atoms with E-state index in [0.717, 1.165) is 18.1 Å². The van der Waals surface area contributed by atoms with Gasteiger partial charge in [-0.1, -0.05) is 19.3 Å². The van der Waals surface area contributed by atoms with E-state index >= 15 is 0 Å². The van der Waals surface area contributed by atoms with Crippen LogP contribution in [0.4, 0.5) is 0 Å². The molecule has 0 aromatic heterocycles. The number of piperazine rings is 1. The summed E-state index contributed by atoms with van der Waals surface area (Å²) in [5, 5.41) is 3.69. The second-order valence-electron chi connectivity index (χ2n) is 5.23. The van der Waals surface area contributed by atoms with Crippen LogP contribution in [0.15, 0.2) is 0 Å². The molecular weight excluding hydrogens is 172 g/mol. The molecule has 1 saturated heterocycles. The average Bonchev–Trinajstić information content (AvgIpc) is 2.88. The van der Waals surface area contributed by atoms with E-state index in [4.69, 9.17) is 0 Å². The first-order chi connectivity index (χ1) is 6.95. The molecule has 0 spiro atoms. The lowest BCUT2D eigenvalue weighted by Gasteiger charge is -2.42. The maximum atomic E-state index is 3.69. The predicted molar refractivity (Wildman–Crippen MR) is 58.4 cm³/mol. The minimum Gasteiger partial charge on any atom is -0.311 e. The molecular formula is C12H22N2. The molecule has 2 atom stereocenters. The van der Waals surface area contributed by atoms with E-state index in [1.807, 2.05) is 0 Å². The van der Waals surface area contributed by atoms with Crippen LogP contribution in [0.1, 0.15) is 44.9 Å². The van der Waals surface area contributed by atoms with Crippen LogP contribution in [-0.2, 0) is 0 Å². The third kappa shape index (κ3) is 1.49. The SMILES string of the molecule is C1CCC(N2CCN[C@@H]3CCC[C@@H]32)C1. The van der Waals surface area contributed by atoms with Crippen molar-refractivity contribution < 1.29 is 0 Å². The van der Waals surface area contributed by atoms with E-state index in [0.29, 0.717) is 0 Å². The zero-order valence-electron chi connectivity index (χ0n) is 9.04. The molecule has 0 aromatic rings. The smallest absolute Gasteiger partial charge is 0.0252 e. The summed E-state index contributed by atoms with van der Waals surface area (Å²) in [6.45, 7) is 2.55. The van der Waals surface area contributed by atoms with Crippen molar-refractivity contribution in [3.05, 3.63) is 0 Å². The molecule has 2 heteroatoms. The summed E-state index contributed by atoms with van der Waals surface area (Å²) < 4.78 is 0. The molecule has 80 valence electrons. The lowest BCUT2D eigenvalue weighted by atomic mass is 10.0. The molecule has 3 fully saturated rings. The Morgan fingerprint density at radius 2 is 1.79 bits per heavy atom. The Hall–Kier alpha value is -0.0800. The third-order valence-electron chi connectivity index (χ3n) is 4.48. The van der Waals surface area contributed by atoms with E-state index in [1.54, 1.807) is 0 Å². The molecule has 1 N–H and O–H groups in total. The molecule has 0 amide bonds. The minimum absolute atomic E-state index is 0.837. The Balaban J connectivity index is 1.70. The highest BCUT2D eigenvalue weighted by Gasteiger charge is 2.38. The van der Waals surface area contributed by atoms with Gasteiger partial charge in [-0.05, 0) is 25.7 Å². The van der Waals surface area contributed by atoms with Gasteiger partial charge in [-0.25, -0.2) is 0 Å². The molecule has 2 nitrogen and oxygen atoms in total. The van der Waals surface area contributed by atoms with E-state index in [1.165, 1.54) is 58.0 Å². The fourth-order valence-electron chi connectivity index (χ4n) is 3.81. The minimum atomic E-state index is 0.837. The molecule has 0 aromatic carbocycles. The largest absolute Gasteiger partial charge is 0.311 e. The topological polar surface area (TPSA) is 15.3 Å². The zero-order chi connectivity index (χ0) is 9.38. The first kappa shape index (κ1) is 9.17. The molecule has 3 aliphatic rings. The van der Waals surface area contributed by atoms with Crippen LogP contribution in [0, 0.1) is 0 Å². The standard InChI is InChI=1S/C12H22N2/c1-2-5-10(4-1)14-9-8-13-11-6-3-7-12(11)14/h10-13H,1-9H2/t11-,12+/m1/s1. The second-order valence-corrected chi connectivity index (χ2v) is 5.23. The highest BCUT2D eigenvalue weighted by molar-refractivity contribution is 4.97. The van der Waals surface area contributed by atoms with Crippen molar-refractivity contribution in [2.24, 2.45) is 0 Å². The Kier molecular flexibility index (Phi) is 2.50. The van der Waals surface area contributed by atoms with Gasteiger partial charge in [0.15, 0.2) is 0 Å². The van der Waals surface area contributed by atoms with Crippen LogP contribution in [-0.4, -0.2) is 36.1 Å². The molecule has 0 bridgehead atoms. The third-order valence-corrected chi connectivity index (χ3v) is 4.48. The summed E-state index contributed by atoms with van der Waals surface area (Å²) >= 11 is 0. The molecule has 14 heavy (non-hydrogen) atoms. The molecule has 2 saturated carbocycles. The van der Waals surface area contributed by atoms with E-state index < -0.39 is 0 Å². The monoisotopic (exact) mass is 194 g/mol. The number of nitrogens with zero attached hydrogens (tertiary/aromatic N) is 1. The van der Waals surface area contributed by atoms with Crippen molar-refractivity contribution in [2.75, 3.05) is 13.1 Å². The van der Waals surface area contributed by atoms with Crippen LogP contribution in [0.25, 0.3) is 0 Å². The maximum Gasteiger partial charge on any atom is 0.0252 e. The van der Waals surface area contributed by atoms with Gasteiger partial charge in [0.05, 0.1) is 0 Å². The van der Waals surface area contributed by atoms with E-state index in [-0.39, 0.29) is 0 Å². The molecule has 1 heterocycles. The quantitative estimate of drug-likeness (QED) is 0.684. The van der Waals surface area contributed by atoms with Gasteiger partial charge >= 0.3 is 0 Å². The van der Waals surface area contributed by atoms with Crippen molar-refractivity contribution in [2.45, 2.75) is 63.1 Å². The van der Waals surface area contributed by atoms with Crippen LogP contribution in [0.3, 0.4) is 0 Å². The molecule has 3 rings (SSSR count). The number of hydrogen-bond donors (Lipinski definition) is 1. The van der Waals surface area contributed by atoms with Crippen LogP contribution < -0.4 is 5.32 Å².